The first-order valence-corrected chi connectivity index (χ1v) is 12.7. The second-order valence-corrected chi connectivity index (χ2v) is 9.46. The second kappa shape index (κ2) is 11.8. The lowest BCUT2D eigenvalue weighted by molar-refractivity contribution is -0.128. The third kappa shape index (κ3) is 5.46. The van der Waals surface area contributed by atoms with Gasteiger partial charge in [-0.1, -0.05) is 17.7 Å². The lowest BCUT2D eigenvalue weighted by Gasteiger charge is -2.44. The molecule has 0 aliphatic carbocycles. The average Bonchev–Trinajstić information content (AvgIpc) is 3.31. The van der Waals surface area contributed by atoms with Crippen LogP contribution in [-0.2, 0) is 14.3 Å². The number of nitrogens with one attached hydrogen (secondary N) is 1. The van der Waals surface area contributed by atoms with Crippen molar-refractivity contribution in [3.63, 3.8) is 0 Å². The molecule has 0 aromatic heterocycles. The number of aryl methyl sites for hydroxylation is 1. The van der Waals surface area contributed by atoms with E-state index >= 15 is 0 Å². The predicted octanol–water partition coefficient (Wildman–Crippen LogP) is 2.25. The van der Waals surface area contributed by atoms with Crippen molar-refractivity contribution in [1.82, 2.24) is 15.1 Å². The first-order valence-electron chi connectivity index (χ1n) is 12.7. The number of carbonyl (C=O) groups is 3. The van der Waals surface area contributed by atoms with Gasteiger partial charge in [-0.15, -0.1) is 0 Å². The number of amides is 3. The van der Waals surface area contributed by atoms with Crippen LogP contribution in [0.2, 0.25) is 0 Å². The highest BCUT2D eigenvalue weighted by Crippen LogP contribution is 2.39. The van der Waals surface area contributed by atoms with Crippen LogP contribution in [0.15, 0.2) is 42.5 Å². The van der Waals surface area contributed by atoms with E-state index in [1.54, 1.807) is 54.4 Å². The number of rotatable bonds is 8. The lowest BCUT2D eigenvalue weighted by atomic mass is 9.96. The van der Waals surface area contributed by atoms with Crippen LogP contribution in [-0.4, -0.2) is 93.5 Å². The minimum atomic E-state index is -0.986. The zero-order valence-electron chi connectivity index (χ0n) is 22.3. The number of likely N-dealkylation sites (tertiary alicyclic amines) is 1. The van der Waals surface area contributed by atoms with E-state index in [1.165, 1.54) is 7.11 Å². The molecule has 2 heterocycles. The number of methoxy groups -OCH3 is 3. The van der Waals surface area contributed by atoms with Crippen LogP contribution in [0.25, 0.3) is 0 Å². The number of carbonyl (C=O) groups excluding carboxylic acids is 3. The molecule has 2 aromatic carbocycles. The zero-order valence-corrected chi connectivity index (χ0v) is 22.3. The largest absolute Gasteiger partial charge is 0.493 e. The molecule has 3 amide bonds. The van der Waals surface area contributed by atoms with E-state index in [4.69, 9.17) is 18.9 Å². The van der Waals surface area contributed by atoms with Gasteiger partial charge in [0.2, 0.25) is 5.91 Å². The van der Waals surface area contributed by atoms with Crippen molar-refractivity contribution in [3.05, 3.63) is 59.2 Å². The van der Waals surface area contributed by atoms with Crippen molar-refractivity contribution < 1.29 is 33.3 Å². The molecule has 2 aliphatic rings. The highest BCUT2D eigenvalue weighted by atomic mass is 16.5. The zero-order chi connectivity index (χ0) is 27.3. The molecule has 2 aromatic rings. The SMILES string of the molecule is COCCNC(=O)C1COC2(CCN(C(=O)c3ccc(OC)c(OC)c3)CC2)N1C(=O)c1ccc(C)cc1. The van der Waals surface area contributed by atoms with Crippen molar-refractivity contribution in [3.8, 4) is 11.5 Å². The molecule has 2 aliphatic heterocycles. The Morgan fingerprint density at radius 3 is 2.24 bits per heavy atom. The minimum absolute atomic E-state index is 0.0834. The molecule has 0 bridgehead atoms. The van der Waals surface area contributed by atoms with Gasteiger partial charge < -0.3 is 29.2 Å². The summed E-state index contributed by atoms with van der Waals surface area (Å²) < 4.78 is 21.9. The molecule has 1 unspecified atom stereocenters. The maximum Gasteiger partial charge on any atom is 0.256 e. The van der Waals surface area contributed by atoms with Crippen molar-refractivity contribution in [2.75, 3.05) is 54.2 Å². The molecule has 1 atom stereocenters. The van der Waals surface area contributed by atoms with Crippen molar-refractivity contribution in [1.29, 1.82) is 0 Å². The van der Waals surface area contributed by atoms with Crippen molar-refractivity contribution in [2.24, 2.45) is 0 Å². The molecular weight excluding hydrogens is 490 g/mol. The fourth-order valence-corrected chi connectivity index (χ4v) is 5.01. The fourth-order valence-electron chi connectivity index (χ4n) is 5.01. The van der Waals surface area contributed by atoms with Gasteiger partial charge in [0.1, 0.15) is 11.8 Å². The Labute approximate surface area is 222 Å². The van der Waals surface area contributed by atoms with Gasteiger partial charge in [-0.2, -0.15) is 0 Å². The third-order valence-corrected chi connectivity index (χ3v) is 7.15. The molecule has 0 saturated carbocycles. The van der Waals surface area contributed by atoms with Gasteiger partial charge in [0, 0.05) is 50.7 Å². The Balaban J connectivity index is 1.54. The van der Waals surface area contributed by atoms with Gasteiger partial charge in [0.25, 0.3) is 11.8 Å². The number of benzene rings is 2. The van der Waals surface area contributed by atoms with E-state index in [0.29, 0.717) is 61.7 Å². The summed E-state index contributed by atoms with van der Waals surface area (Å²) in [6.07, 6.45) is 0.761. The summed E-state index contributed by atoms with van der Waals surface area (Å²) in [4.78, 5) is 43.5. The topological polar surface area (TPSA) is 107 Å². The Bertz CT molecular complexity index is 1160. The van der Waals surface area contributed by atoms with Gasteiger partial charge in [-0.25, -0.2) is 0 Å². The molecule has 0 radical (unpaired) electrons. The number of hydrogen-bond acceptors (Lipinski definition) is 7. The molecular formula is C28H35N3O7. The molecule has 204 valence electrons. The van der Waals surface area contributed by atoms with Gasteiger partial charge in [-0.05, 0) is 37.3 Å². The van der Waals surface area contributed by atoms with E-state index in [1.807, 2.05) is 19.1 Å². The second-order valence-electron chi connectivity index (χ2n) is 9.46. The molecule has 10 nitrogen and oxygen atoms in total. The smallest absolute Gasteiger partial charge is 0.256 e. The summed E-state index contributed by atoms with van der Waals surface area (Å²) in [6.45, 7) is 3.46. The third-order valence-electron chi connectivity index (χ3n) is 7.15. The van der Waals surface area contributed by atoms with E-state index < -0.39 is 11.8 Å². The molecule has 1 spiro atoms. The predicted molar refractivity (Wildman–Crippen MR) is 139 cm³/mol. The quantitative estimate of drug-likeness (QED) is 0.527. The van der Waals surface area contributed by atoms with Crippen LogP contribution in [0.5, 0.6) is 11.5 Å². The summed E-state index contributed by atoms with van der Waals surface area (Å²) in [5.41, 5.74) is 1.01. The average molecular weight is 526 g/mol. The summed E-state index contributed by atoms with van der Waals surface area (Å²) in [5, 5.41) is 2.84. The first kappa shape index (κ1) is 27.4. The molecule has 4 rings (SSSR count). The van der Waals surface area contributed by atoms with Crippen molar-refractivity contribution >= 4 is 17.7 Å². The molecule has 2 fully saturated rings. The summed E-state index contributed by atoms with van der Waals surface area (Å²) in [7, 11) is 4.62. The minimum Gasteiger partial charge on any atom is -0.493 e. The molecule has 1 N–H and O–H groups in total. The molecule has 38 heavy (non-hydrogen) atoms. The molecule has 2 saturated heterocycles. The van der Waals surface area contributed by atoms with E-state index in [0.717, 1.165) is 5.56 Å². The summed E-state index contributed by atoms with van der Waals surface area (Å²) in [6, 6.07) is 11.5. The highest BCUT2D eigenvalue weighted by molar-refractivity contribution is 5.99. The van der Waals surface area contributed by atoms with Crippen LogP contribution >= 0.6 is 0 Å². The van der Waals surface area contributed by atoms with Crippen LogP contribution in [0.3, 0.4) is 0 Å². The normalized spacial score (nSPS) is 18.4. The Morgan fingerprint density at radius 1 is 0.947 bits per heavy atom. The Hall–Kier alpha value is -3.63. The van der Waals surface area contributed by atoms with E-state index in [9.17, 15) is 14.4 Å². The highest BCUT2D eigenvalue weighted by Gasteiger charge is 2.54. The van der Waals surface area contributed by atoms with E-state index in [-0.39, 0.29) is 24.3 Å². The van der Waals surface area contributed by atoms with Crippen LogP contribution in [0.4, 0.5) is 0 Å². The number of hydrogen-bond donors (Lipinski definition) is 1. The fraction of sp³-hybridized carbons (Fsp3) is 0.464. The maximum absolute atomic E-state index is 13.8. The van der Waals surface area contributed by atoms with Gasteiger partial charge in [-0.3, -0.25) is 19.3 Å². The van der Waals surface area contributed by atoms with Gasteiger partial charge in [0.15, 0.2) is 11.5 Å². The first-order chi connectivity index (χ1) is 18.3. The number of nitrogens with zero attached hydrogens (tertiary/aromatic N) is 2. The van der Waals surface area contributed by atoms with Crippen LogP contribution < -0.4 is 14.8 Å². The van der Waals surface area contributed by atoms with Crippen molar-refractivity contribution in [2.45, 2.75) is 31.5 Å². The van der Waals surface area contributed by atoms with E-state index in [2.05, 4.69) is 5.32 Å². The lowest BCUT2D eigenvalue weighted by Crippen LogP contribution is -2.60. The molecule has 10 heteroatoms. The maximum atomic E-state index is 13.8. The number of ether oxygens (including phenoxy) is 4. The Kier molecular flexibility index (Phi) is 8.53. The van der Waals surface area contributed by atoms with Crippen LogP contribution in [0.1, 0.15) is 39.1 Å². The summed E-state index contributed by atoms with van der Waals surface area (Å²) in [5.74, 6) is 0.311. The van der Waals surface area contributed by atoms with Gasteiger partial charge >= 0.3 is 0 Å². The summed E-state index contributed by atoms with van der Waals surface area (Å²) >= 11 is 0. The Morgan fingerprint density at radius 2 is 1.61 bits per heavy atom. The van der Waals surface area contributed by atoms with Gasteiger partial charge in [0.05, 0.1) is 27.4 Å². The number of piperidine rings is 1. The van der Waals surface area contributed by atoms with Crippen LogP contribution in [0, 0.1) is 6.92 Å². The standard InChI is InChI=1S/C28H35N3O7/c1-19-5-7-20(8-6-19)27(34)31-22(25(32)29-13-16-35-2)18-38-28(31)11-14-30(15-12-28)26(33)21-9-10-23(36-3)24(17-21)37-4/h5-10,17,22H,11-16,18H2,1-4H3,(H,29,32). The monoisotopic (exact) mass is 525 g/mol.